The number of carboxylic acids is 1. The minimum Gasteiger partial charge on any atom is -0.497 e. The SMILES string of the molecule is COc1ccc(OCC2=C(C(=O)O)N3C(=O)C(N)[C@H]3SC2)cc1. The van der Waals surface area contributed by atoms with Crippen molar-refractivity contribution in [2.75, 3.05) is 19.5 Å². The van der Waals surface area contributed by atoms with Gasteiger partial charge in [-0.1, -0.05) is 0 Å². The van der Waals surface area contributed by atoms with Gasteiger partial charge in [-0.15, -0.1) is 11.8 Å². The number of methoxy groups -OCH3 is 1. The topological polar surface area (TPSA) is 102 Å². The molecule has 1 saturated heterocycles. The summed E-state index contributed by atoms with van der Waals surface area (Å²) in [6.07, 6.45) is 0. The van der Waals surface area contributed by atoms with Crippen molar-refractivity contribution in [3.63, 3.8) is 0 Å². The van der Waals surface area contributed by atoms with Crippen molar-refractivity contribution in [1.29, 1.82) is 0 Å². The molecule has 3 rings (SSSR count). The van der Waals surface area contributed by atoms with Crippen LogP contribution in [0.1, 0.15) is 0 Å². The number of β-lactam (4-membered cyclic amide) rings is 1. The first-order chi connectivity index (χ1) is 11.0. The number of rotatable bonds is 5. The van der Waals surface area contributed by atoms with E-state index >= 15 is 0 Å². The van der Waals surface area contributed by atoms with E-state index in [0.717, 1.165) is 0 Å². The van der Waals surface area contributed by atoms with Crippen LogP contribution in [0.4, 0.5) is 0 Å². The molecular weight excluding hydrogens is 320 g/mol. The number of hydrogen-bond acceptors (Lipinski definition) is 6. The van der Waals surface area contributed by atoms with Crippen LogP contribution in [0.25, 0.3) is 0 Å². The standard InChI is InChI=1S/C15H16N2O5S/c1-21-9-2-4-10(5-3-9)22-6-8-7-23-14-11(16)13(18)17(14)12(8)15(19)20/h2-5,11,14H,6-7,16H2,1H3,(H,19,20)/t11?,14-/m1/s1. The predicted molar refractivity (Wildman–Crippen MR) is 84.2 cm³/mol. The lowest BCUT2D eigenvalue weighted by Gasteiger charge is -2.47. The number of ether oxygens (including phenoxy) is 2. The third-order valence-electron chi connectivity index (χ3n) is 3.76. The van der Waals surface area contributed by atoms with Crippen LogP contribution < -0.4 is 15.2 Å². The molecule has 1 aromatic rings. The average molecular weight is 336 g/mol. The Labute approximate surface area is 137 Å². The highest BCUT2D eigenvalue weighted by Crippen LogP contribution is 2.39. The lowest BCUT2D eigenvalue weighted by Crippen LogP contribution is -2.68. The van der Waals surface area contributed by atoms with Gasteiger partial charge in [0.05, 0.1) is 7.11 Å². The van der Waals surface area contributed by atoms with Crippen molar-refractivity contribution in [2.45, 2.75) is 11.4 Å². The zero-order valence-electron chi connectivity index (χ0n) is 12.4. The maximum absolute atomic E-state index is 11.8. The van der Waals surface area contributed by atoms with Gasteiger partial charge in [0.1, 0.15) is 35.2 Å². The minimum atomic E-state index is -1.14. The maximum atomic E-state index is 11.8. The monoisotopic (exact) mass is 336 g/mol. The molecule has 2 aliphatic heterocycles. The molecular formula is C15H16N2O5S. The van der Waals surface area contributed by atoms with Crippen molar-refractivity contribution in [3.8, 4) is 11.5 Å². The van der Waals surface area contributed by atoms with E-state index in [9.17, 15) is 14.7 Å². The first-order valence-electron chi connectivity index (χ1n) is 6.95. The third kappa shape index (κ3) is 2.75. The first kappa shape index (κ1) is 15.7. The molecule has 1 amide bonds. The van der Waals surface area contributed by atoms with Crippen LogP contribution >= 0.6 is 11.8 Å². The van der Waals surface area contributed by atoms with E-state index in [-0.39, 0.29) is 23.6 Å². The molecule has 7 nitrogen and oxygen atoms in total. The van der Waals surface area contributed by atoms with E-state index in [2.05, 4.69) is 0 Å². The van der Waals surface area contributed by atoms with Gasteiger partial charge in [0.15, 0.2) is 0 Å². The number of thioether (sulfide) groups is 1. The molecule has 1 unspecified atom stereocenters. The Kier molecular flexibility index (Phi) is 4.18. The molecule has 0 aliphatic carbocycles. The second-order valence-electron chi connectivity index (χ2n) is 5.16. The van der Waals surface area contributed by atoms with Crippen LogP contribution in [0.5, 0.6) is 11.5 Å². The number of amides is 1. The van der Waals surface area contributed by atoms with Gasteiger partial charge < -0.3 is 20.3 Å². The zero-order valence-corrected chi connectivity index (χ0v) is 13.2. The maximum Gasteiger partial charge on any atom is 0.352 e. The third-order valence-corrected chi connectivity index (χ3v) is 5.12. The summed E-state index contributed by atoms with van der Waals surface area (Å²) >= 11 is 1.45. The van der Waals surface area contributed by atoms with E-state index in [1.807, 2.05) is 0 Å². The summed E-state index contributed by atoms with van der Waals surface area (Å²) in [7, 11) is 1.57. The Morgan fingerprint density at radius 1 is 1.39 bits per heavy atom. The molecule has 23 heavy (non-hydrogen) atoms. The molecule has 0 bridgehead atoms. The highest BCUT2D eigenvalue weighted by Gasteiger charge is 2.51. The summed E-state index contributed by atoms with van der Waals surface area (Å²) in [5.74, 6) is 0.283. The molecule has 2 atom stereocenters. The van der Waals surface area contributed by atoms with E-state index in [1.165, 1.54) is 16.7 Å². The number of aliphatic carboxylic acids is 1. The van der Waals surface area contributed by atoms with Crippen molar-refractivity contribution in [2.24, 2.45) is 5.73 Å². The Balaban J connectivity index is 1.76. The summed E-state index contributed by atoms with van der Waals surface area (Å²) in [4.78, 5) is 24.6. The minimum absolute atomic E-state index is 0.00559. The highest BCUT2D eigenvalue weighted by atomic mass is 32.2. The molecule has 8 heteroatoms. The Morgan fingerprint density at radius 2 is 2.04 bits per heavy atom. The molecule has 0 spiro atoms. The molecule has 0 saturated carbocycles. The largest absolute Gasteiger partial charge is 0.497 e. The number of benzene rings is 1. The number of nitrogens with two attached hydrogens (primary N) is 1. The Bertz CT molecular complexity index is 673. The van der Waals surface area contributed by atoms with E-state index in [0.29, 0.717) is 22.8 Å². The normalized spacial score (nSPS) is 23.2. The number of nitrogens with zero attached hydrogens (tertiary/aromatic N) is 1. The van der Waals surface area contributed by atoms with Crippen LogP contribution in [0.3, 0.4) is 0 Å². The van der Waals surface area contributed by atoms with Crippen LogP contribution in [-0.2, 0) is 9.59 Å². The summed E-state index contributed by atoms with van der Waals surface area (Å²) in [5, 5.41) is 9.13. The van der Waals surface area contributed by atoms with Crippen LogP contribution in [0, 0.1) is 0 Å². The van der Waals surface area contributed by atoms with Gasteiger partial charge in [-0.3, -0.25) is 9.69 Å². The molecule has 1 aromatic carbocycles. The second kappa shape index (κ2) is 6.13. The fourth-order valence-corrected chi connectivity index (χ4v) is 3.81. The summed E-state index contributed by atoms with van der Waals surface area (Å²) in [6, 6.07) is 6.36. The first-order valence-corrected chi connectivity index (χ1v) is 8.00. The van der Waals surface area contributed by atoms with Gasteiger partial charge in [0.2, 0.25) is 5.91 Å². The van der Waals surface area contributed by atoms with E-state index < -0.39 is 12.0 Å². The highest BCUT2D eigenvalue weighted by molar-refractivity contribution is 8.00. The van der Waals surface area contributed by atoms with Crippen molar-refractivity contribution < 1.29 is 24.2 Å². The quantitative estimate of drug-likeness (QED) is 0.761. The zero-order chi connectivity index (χ0) is 16.6. The van der Waals surface area contributed by atoms with Crippen LogP contribution in [0.2, 0.25) is 0 Å². The number of fused-ring (bicyclic) bond motifs is 1. The molecule has 122 valence electrons. The smallest absolute Gasteiger partial charge is 0.352 e. The van der Waals surface area contributed by atoms with Crippen molar-refractivity contribution in [1.82, 2.24) is 4.90 Å². The molecule has 0 aromatic heterocycles. The fraction of sp³-hybridized carbons (Fsp3) is 0.333. The van der Waals surface area contributed by atoms with Gasteiger partial charge >= 0.3 is 5.97 Å². The molecule has 2 heterocycles. The van der Waals surface area contributed by atoms with Crippen molar-refractivity contribution >= 4 is 23.6 Å². The average Bonchev–Trinajstić information content (AvgIpc) is 2.58. The summed E-state index contributed by atoms with van der Waals surface area (Å²) < 4.78 is 10.7. The summed E-state index contributed by atoms with van der Waals surface area (Å²) in [6.45, 7) is 0.104. The number of carbonyl (C=O) groups is 2. The molecule has 0 radical (unpaired) electrons. The van der Waals surface area contributed by atoms with Crippen LogP contribution in [-0.4, -0.2) is 52.8 Å². The van der Waals surface area contributed by atoms with Gasteiger partial charge in [0.25, 0.3) is 0 Å². The van der Waals surface area contributed by atoms with Gasteiger partial charge in [0, 0.05) is 11.3 Å². The van der Waals surface area contributed by atoms with Crippen LogP contribution in [0.15, 0.2) is 35.5 Å². The Morgan fingerprint density at radius 3 is 2.65 bits per heavy atom. The van der Waals surface area contributed by atoms with Gasteiger partial charge in [-0.25, -0.2) is 4.79 Å². The number of carboxylic acid groups (broad SMARTS) is 1. The lowest BCUT2D eigenvalue weighted by molar-refractivity contribution is -0.148. The van der Waals surface area contributed by atoms with Gasteiger partial charge in [-0.05, 0) is 24.3 Å². The number of carbonyl (C=O) groups excluding carboxylic acids is 1. The van der Waals surface area contributed by atoms with E-state index in [4.69, 9.17) is 15.2 Å². The fourth-order valence-electron chi connectivity index (χ4n) is 2.53. The second-order valence-corrected chi connectivity index (χ2v) is 6.26. The Hall–Kier alpha value is -2.19. The number of hydrogen-bond donors (Lipinski definition) is 2. The van der Waals surface area contributed by atoms with Gasteiger partial charge in [-0.2, -0.15) is 0 Å². The molecule has 3 N–H and O–H groups in total. The lowest BCUT2D eigenvalue weighted by atomic mass is 10.0. The molecule has 1 fully saturated rings. The predicted octanol–water partition coefficient (Wildman–Crippen LogP) is 0.655. The van der Waals surface area contributed by atoms with E-state index in [1.54, 1.807) is 31.4 Å². The molecule has 2 aliphatic rings. The summed E-state index contributed by atoms with van der Waals surface area (Å²) in [5.41, 5.74) is 6.27. The van der Waals surface area contributed by atoms with Crippen molar-refractivity contribution in [3.05, 3.63) is 35.5 Å².